The van der Waals surface area contributed by atoms with E-state index in [2.05, 4.69) is 42.3 Å². The Hall–Kier alpha value is -1.35. The molecule has 0 radical (unpaired) electrons. The SMILES string of the molecule is CC(C)(C)S/N=C\c1cccc2ncccc12. The van der Waals surface area contributed by atoms with Gasteiger partial charge >= 0.3 is 0 Å². The largest absolute Gasteiger partial charge is 0.256 e. The Kier molecular flexibility index (Phi) is 3.48. The Labute approximate surface area is 106 Å². The molecule has 0 aliphatic heterocycles. The molecule has 0 amide bonds. The maximum absolute atomic E-state index is 4.43. The summed E-state index contributed by atoms with van der Waals surface area (Å²) < 4.78 is 4.58. The fraction of sp³-hybridized carbons (Fsp3) is 0.286. The first kappa shape index (κ1) is 12.1. The van der Waals surface area contributed by atoms with Crippen molar-refractivity contribution in [2.75, 3.05) is 0 Å². The minimum Gasteiger partial charge on any atom is -0.256 e. The Morgan fingerprint density at radius 3 is 2.76 bits per heavy atom. The summed E-state index contributed by atoms with van der Waals surface area (Å²) in [6.07, 6.45) is 3.73. The number of hydrogen-bond donors (Lipinski definition) is 0. The van der Waals surface area contributed by atoms with Crippen molar-refractivity contribution in [2.45, 2.75) is 25.5 Å². The molecule has 88 valence electrons. The molecule has 1 aromatic heterocycles. The first-order valence-electron chi connectivity index (χ1n) is 5.61. The van der Waals surface area contributed by atoms with Crippen LogP contribution in [0.3, 0.4) is 0 Å². The van der Waals surface area contributed by atoms with E-state index in [1.165, 1.54) is 0 Å². The predicted molar refractivity (Wildman–Crippen MR) is 76.7 cm³/mol. The van der Waals surface area contributed by atoms with Gasteiger partial charge in [-0.1, -0.05) is 18.2 Å². The normalized spacial score (nSPS) is 12.4. The molecule has 0 aliphatic carbocycles. The van der Waals surface area contributed by atoms with Crippen molar-refractivity contribution in [3.05, 3.63) is 42.1 Å². The molecule has 0 saturated carbocycles. The van der Waals surface area contributed by atoms with Gasteiger partial charge in [-0.05, 0) is 44.9 Å². The van der Waals surface area contributed by atoms with Gasteiger partial charge in [0, 0.05) is 28.1 Å². The van der Waals surface area contributed by atoms with Crippen LogP contribution < -0.4 is 0 Å². The van der Waals surface area contributed by atoms with Crippen LogP contribution in [0.4, 0.5) is 0 Å². The monoisotopic (exact) mass is 244 g/mol. The summed E-state index contributed by atoms with van der Waals surface area (Å²) in [6, 6.07) is 10.1. The van der Waals surface area contributed by atoms with Crippen molar-refractivity contribution in [1.82, 2.24) is 4.98 Å². The van der Waals surface area contributed by atoms with Crippen LogP contribution in [0.1, 0.15) is 26.3 Å². The van der Waals surface area contributed by atoms with Gasteiger partial charge in [-0.2, -0.15) is 0 Å². The van der Waals surface area contributed by atoms with Crippen molar-refractivity contribution in [3.63, 3.8) is 0 Å². The Morgan fingerprint density at radius 2 is 2.00 bits per heavy atom. The number of fused-ring (bicyclic) bond motifs is 1. The minimum absolute atomic E-state index is 0.152. The van der Waals surface area contributed by atoms with Gasteiger partial charge in [0.1, 0.15) is 0 Å². The zero-order valence-corrected chi connectivity index (χ0v) is 11.2. The van der Waals surface area contributed by atoms with Crippen LogP contribution in [0.15, 0.2) is 40.9 Å². The number of hydrogen-bond acceptors (Lipinski definition) is 3. The van der Waals surface area contributed by atoms with E-state index in [-0.39, 0.29) is 4.75 Å². The standard InChI is InChI=1S/C14H16N2S/c1-14(2,3)17-16-10-11-6-4-8-13-12(11)7-5-9-15-13/h4-10H,1-3H3/b16-10-. The molecule has 2 aromatic rings. The van der Waals surface area contributed by atoms with Crippen molar-refractivity contribution >= 4 is 29.1 Å². The zero-order chi connectivity index (χ0) is 12.3. The fourth-order valence-electron chi connectivity index (χ4n) is 1.48. The average Bonchev–Trinajstić information content (AvgIpc) is 2.28. The lowest BCUT2D eigenvalue weighted by atomic mass is 10.1. The summed E-state index contributed by atoms with van der Waals surface area (Å²) in [5.74, 6) is 0. The summed E-state index contributed by atoms with van der Waals surface area (Å²) >= 11 is 1.59. The van der Waals surface area contributed by atoms with E-state index in [4.69, 9.17) is 0 Å². The molecule has 1 heterocycles. The van der Waals surface area contributed by atoms with Gasteiger partial charge in [-0.3, -0.25) is 4.98 Å². The highest BCUT2D eigenvalue weighted by Gasteiger charge is 2.09. The smallest absolute Gasteiger partial charge is 0.0708 e. The maximum atomic E-state index is 4.43. The van der Waals surface area contributed by atoms with Gasteiger partial charge < -0.3 is 0 Å². The molecule has 1 aromatic carbocycles. The lowest BCUT2D eigenvalue weighted by Crippen LogP contribution is -2.05. The Bertz CT molecular complexity index is 536. The third kappa shape index (κ3) is 3.30. The average molecular weight is 244 g/mol. The molecule has 0 aliphatic rings. The van der Waals surface area contributed by atoms with Crippen LogP contribution in [0.5, 0.6) is 0 Å². The minimum atomic E-state index is 0.152. The van der Waals surface area contributed by atoms with E-state index in [9.17, 15) is 0 Å². The number of pyridine rings is 1. The second-order valence-electron chi connectivity index (χ2n) is 4.86. The Morgan fingerprint density at radius 1 is 1.18 bits per heavy atom. The van der Waals surface area contributed by atoms with E-state index in [1.807, 2.05) is 30.6 Å². The van der Waals surface area contributed by atoms with E-state index < -0.39 is 0 Å². The van der Waals surface area contributed by atoms with E-state index in [0.29, 0.717) is 0 Å². The van der Waals surface area contributed by atoms with E-state index in [0.717, 1.165) is 16.5 Å². The van der Waals surface area contributed by atoms with Crippen LogP contribution in [0.25, 0.3) is 10.9 Å². The second-order valence-corrected chi connectivity index (χ2v) is 6.47. The van der Waals surface area contributed by atoms with Crippen LogP contribution >= 0.6 is 11.9 Å². The molecule has 3 heteroatoms. The first-order chi connectivity index (χ1) is 8.06. The molecule has 0 atom stereocenters. The zero-order valence-electron chi connectivity index (χ0n) is 10.3. The molecule has 17 heavy (non-hydrogen) atoms. The molecule has 2 nitrogen and oxygen atoms in total. The summed E-state index contributed by atoms with van der Waals surface area (Å²) in [7, 11) is 0. The van der Waals surface area contributed by atoms with Crippen molar-refractivity contribution in [2.24, 2.45) is 4.40 Å². The van der Waals surface area contributed by atoms with Crippen molar-refractivity contribution in [3.8, 4) is 0 Å². The summed E-state index contributed by atoms with van der Waals surface area (Å²) in [5, 5.41) is 1.15. The summed E-state index contributed by atoms with van der Waals surface area (Å²) in [5.41, 5.74) is 2.13. The van der Waals surface area contributed by atoms with Crippen LogP contribution in [0, 0.1) is 0 Å². The predicted octanol–water partition coefficient (Wildman–Crippen LogP) is 4.10. The van der Waals surface area contributed by atoms with Crippen LogP contribution in [-0.2, 0) is 0 Å². The van der Waals surface area contributed by atoms with Gasteiger partial charge in [0.15, 0.2) is 0 Å². The molecule has 0 fully saturated rings. The highest BCUT2D eigenvalue weighted by Crippen LogP contribution is 2.24. The number of nitrogens with zero attached hydrogens (tertiary/aromatic N) is 2. The van der Waals surface area contributed by atoms with Gasteiger partial charge in [-0.15, -0.1) is 0 Å². The summed E-state index contributed by atoms with van der Waals surface area (Å²) in [4.78, 5) is 4.33. The van der Waals surface area contributed by atoms with Crippen molar-refractivity contribution < 1.29 is 0 Å². The molecule has 2 rings (SSSR count). The molecule has 0 N–H and O–H groups in total. The first-order valence-corrected chi connectivity index (χ1v) is 6.39. The molecular weight excluding hydrogens is 228 g/mol. The highest BCUT2D eigenvalue weighted by atomic mass is 32.2. The quantitative estimate of drug-likeness (QED) is 0.587. The van der Waals surface area contributed by atoms with Gasteiger partial charge in [0.05, 0.1) is 5.52 Å². The molecule has 0 spiro atoms. The van der Waals surface area contributed by atoms with Crippen molar-refractivity contribution in [1.29, 1.82) is 0 Å². The molecular formula is C14H16N2S. The fourth-order valence-corrected chi connectivity index (χ4v) is 1.96. The van der Waals surface area contributed by atoms with E-state index in [1.54, 1.807) is 11.9 Å². The van der Waals surface area contributed by atoms with Gasteiger partial charge in [-0.25, -0.2) is 4.40 Å². The Balaban J connectivity index is 2.30. The highest BCUT2D eigenvalue weighted by molar-refractivity contribution is 7.99. The molecule has 0 bridgehead atoms. The molecule has 0 unspecified atom stereocenters. The maximum Gasteiger partial charge on any atom is 0.0708 e. The molecule has 0 saturated heterocycles. The topological polar surface area (TPSA) is 25.2 Å². The third-order valence-electron chi connectivity index (χ3n) is 2.20. The van der Waals surface area contributed by atoms with Crippen LogP contribution in [-0.4, -0.2) is 15.9 Å². The van der Waals surface area contributed by atoms with Crippen LogP contribution in [0.2, 0.25) is 0 Å². The van der Waals surface area contributed by atoms with E-state index >= 15 is 0 Å². The third-order valence-corrected chi connectivity index (χ3v) is 2.96. The second kappa shape index (κ2) is 4.88. The van der Waals surface area contributed by atoms with Gasteiger partial charge in [0.2, 0.25) is 0 Å². The number of benzene rings is 1. The number of aromatic nitrogens is 1. The summed E-state index contributed by atoms with van der Waals surface area (Å²) in [6.45, 7) is 6.46. The van der Waals surface area contributed by atoms with Gasteiger partial charge in [0.25, 0.3) is 0 Å². The lowest BCUT2D eigenvalue weighted by Gasteiger charge is -2.12. The number of rotatable bonds is 2. The lowest BCUT2D eigenvalue weighted by molar-refractivity contribution is 0.804.